The topological polar surface area (TPSA) is 74.7 Å². The van der Waals surface area contributed by atoms with Crippen molar-refractivity contribution < 1.29 is 0 Å². The van der Waals surface area contributed by atoms with Crippen molar-refractivity contribution in [3.8, 4) is 6.07 Å². The van der Waals surface area contributed by atoms with E-state index >= 15 is 0 Å². The van der Waals surface area contributed by atoms with Gasteiger partial charge in [0.25, 0.3) is 0 Å². The van der Waals surface area contributed by atoms with E-state index < -0.39 is 0 Å². The van der Waals surface area contributed by atoms with Gasteiger partial charge in [-0.05, 0) is 24.3 Å². The van der Waals surface area contributed by atoms with Gasteiger partial charge in [0.1, 0.15) is 6.07 Å². The summed E-state index contributed by atoms with van der Waals surface area (Å²) in [4.78, 5) is 4.10. The van der Waals surface area contributed by atoms with E-state index in [9.17, 15) is 0 Å². The molecule has 1 aromatic carbocycles. The van der Waals surface area contributed by atoms with E-state index in [0.29, 0.717) is 17.1 Å². The second-order valence-electron chi connectivity index (χ2n) is 3.41. The summed E-state index contributed by atoms with van der Waals surface area (Å²) < 4.78 is 0.967. The van der Waals surface area contributed by atoms with E-state index in [1.54, 1.807) is 6.07 Å². The Morgan fingerprint density at radius 3 is 2.82 bits per heavy atom. The van der Waals surface area contributed by atoms with E-state index in [1.165, 1.54) is 6.20 Å². The first-order chi connectivity index (χ1) is 8.19. The average Bonchev–Trinajstić information content (AvgIpc) is 2.32. The van der Waals surface area contributed by atoms with Gasteiger partial charge in [-0.25, -0.2) is 4.98 Å². The molecule has 0 amide bonds. The number of nitrogens with one attached hydrogen (secondary N) is 1. The number of nitrogen functional groups attached to an aromatic ring is 1. The molecule has 17 heavy (non-hydrogen) atoms. The minimum absolute atomic E-state index is 0.447. The van der Waals surface area contributed by atoms with Gasteiger partial charge >= 0.3 is 0 Å². The molecule has 84 valence electrons. The van der Waals surface area contributed by atoms with Crippen LogP contribution in [0.25, 0.3) is 0 Å². The van der Waals surface area contributed by atoms with Crippen LogP contribution in [0.3, 0.4) is 0 Å². The first-order valence-electron chi connectivity index (χ1n) is 4.87. The van der Waals surface area contributed by atoms with Gasteiger partial charge in [-0.15, -0.1) is 0 Å². The number of halogens is 1. The molecule has 0 fully saturated rings. The normalized spacial score (nSPS) is 9.65. The summed E-state index contributed by atoms with van der Waals surface area (Å²) in [6, 6.07) is 11.2. The predicted octanol–water partition coefficient (Wildman–Crippen LogP) is 3.04. The van der Waals surface area contributed by atoms with E-state index in [1.807, 2.05) is 30.3 Å². The van der Waals surface area contributed by atoms with Crippen LogP contribution in [0, 0.1) is 11.3 Å². The molecule has 0 bridgehead atoms. The number of aromatic nitrogens is 1. The van der Waals surface area contributed by atoms with Crippen LogP contribution in [0.15, 0.2) is 41.0 Å². The zero-order chi connectivity index (χ0) is 12.3. The second-order valence-corrected chi connectivity index (χ2v) is 4.32. The number of rotatable bonds is 2. The Bertz CT molecular complexity index is 589. The minimum Gasteiger partial charge on any atom is -0.396 e. The molecule has 4 nitrogen and oxygen atoms in total. The number of nitrogens with zero attached hydrogens (tertiary/aromatic N) is 2. The molecule has 0 unspecified atom stereocenters. The lowest BCUT2D eigenvalue weighted by Gasteiger charge is -2.08. The van der Waals surface area contributed by atoms with Gasteiger partial charge in [0.15, 0.2) is 5.82 Å². The molecule has 0 aliphatic heterocycles. The summed E-state index contributed by atoms with van der Waals surface area (Å²) in [7, 11) is 0. The fourth-order valence-electron chi connectivity index (χ4n) is 1.35. The molecule has 0 aliphatic rings. The van der Waals surface area contributed by atoms with Gasteiger partial charge in [0, 0.05) is 16.4 Å². The fourth-order valence-corrected chi connectivity index (χ4v) is 1.75. The largest absolute Gasteiger partial charge is 0.396 e. The third-order valence-electron chi connectivity index (χ3n) is 2.13. The van der Waals surface area contributed by atoms with Crippen molar-refractivity contribution >= 4 is 33.1 Å². The Hall–Kier alpha value is -2.06. The Kier molecular flexibility index (Phi) is 3.26. The monoisotopic (exact) mass is 288 g/mol. The van der Waals surface area contributed by atoms with Gasteiger partial charge in [0.05, 0.1) is 11.3 Å². The number of hydrogen-bond donors (Lipinski definition) is 2. The van der Waals surface area contributed by atoms with Crippen molar-refractivity contribution in [2.45, 2.75) is 0 Å². The lowest BCUT2D eigenvalue weighted by molar-refractivity contribution is 1.29. The van der Waals surface area contributed by atoms with Crippen LogP contribution >= 0.6 is 15.9 Å². The van der Waals surface area contributed by atoms with E-state index in [-0.39, 0.29) is 0 Å². The molecular weight excluding hydrogens is 280 g/mol. The maximum Gasteiger partial charge on any atom is 0.153 e. The highest BCUT2D eigenvalue weighted by Gasteiger charge is 2.03. The van der Waals surface area contributed by atoms with Gasteiger partial charge in [-0.3, -0.25) is 0 Å². The zero-order valence-corrected chi connectivity index (χ0v) is 10.4. The third-order valence-corrected chi connectivity index (χ3v) is 2.63. The van der Waals surface area contributed by atoms with Crippen LogP contribution in [0.4, 0.5) is 17.2 Å². The summed E-state index contributed by atoms with van der Waals surface area (Å²) in [5, 5.41) is 11.8. The lowest BCUT2D eigenvalue weighted by Crippen LogP contribution is -1.99. The van der Waals surface area contributed by atoms with Crippen LogP contribution in [-0.4, -0.2) is 4.98 Å². The Morgan fingerprint density at radius 1 is 1.35 bits per heavy atom. The minimum atomic E-state index is 0.447. The van der Waals surface area contributed by atoms with E-state index in [0.717, 1.165) is 10.2 Å². The molecule has 1 heterocycles. The molecule has 0 spiro atoms. The Balaban J connectivity index is 2.28. The highest BCUT2D eigenvalue weighted by Crippen LogP contribution is 2.23. The van der Waals surface area contributed by atoms with Crippen molar-refractivity contribution in [1.29, 1.82) is 5.26 Å². The van der Waals surface area contributed by atoms with Crippen LogP contribution in [0.5, 0.6) is 0 Å². The molecule has 1 aromatic heterocycles. The van der Waals surface area contributed by atoms with E-state index in [2.05, 4.69) is 26.2 Å². The summed E-state index contributed by atoms with van der Waals surface area (Å²) in [5.74, 6) is 0.544. The standard InChI is InChI=1S/C12H9BrN4/c13-9-2-1-3-10(5-9)17-12-11(15)4-8(6-14)7-16-12/h1-5,7H,15H2,(H,16,17). The predicted molar refractivity (Wildman–Crippen MR) is 70.8 cm³/mol. The molecule has 0 saturated heterocycles. The summed E-state index contributed by atoms with van der Waals surface area (Å²) in [6.07, 6.45) is 1.48. The van der Waals surface area contributed by atoms with Crippen molar-refractivity contribution in [2.24, 2.45) is 0 Å². The van der Waals surface area contributed by atoms with Gasteiger partial charge in [0.2, 0.25) is 0 Å². The number of anilines is 3. The van der Waals surface area contributed by atoms with Gasteiger partial charge < -0.3 is 11.1 Å². The molecule has 2 rings (SSSR count). The first-order valence-corrected chi connectivity index (χ1v) is 5.66. The molecule has 0 aliphatic carbocycles. The van der Waals surface area contributed by atoms with E-state index in [4.69, 9.17) is 11.0 Å². The summed E-state index contributed by atoms with van der Waals surface area (Å²) in [6.45, 7) is 0. The molecule has 2 aromatic rings. The van der Waals surface area contributed by atoms with Crippen molar-refractivity contribution in [1.82, 2.24) is 4.98 Å². The van der Waals surface area contributed by atoms with Crippen LogP contribution in [0.1, 0.15) is 5.56 Å². The maximum absolute atomic E-state index is 8.71. The highest BCUT2D eigenvalue weighted by molar-refractivity contribution is 9.10. The quantitative estimate of drug-likeness (QED) is 0.891. The number of benzene rings is 1. The number of hydrogen-bond acceptors (Lipinski definition) is 4. The maximum atomic E-state index is 8.71. The zero-order valence-electron chi connectivity index (χ0n) is 8.81. The number of nitriles is 1. The summed E-state index contributed by atoms with van der Waals surface area (Å²) in [5.41, 5.74) is 7.57. The average molecular weight is 289 g/mol. The third kappa shape index (κ3) is 2.74. The number of nitrogens with two attached hydrogens (primary N) is 1. The molecule has 0 radical (unpaired) electrons. The highest BCUT2D eigenvalue weighted by atomic mass is 79.9. The molecular formula is C12H9BrN4. The molecule has 3 N–H and O–H groups in total. The smallest absolute Gasteiger partial charge is 0.153 e. The molecule has 0 atom stereocenters. The lowest BCUT2D eigenvalue weighted by atomic mass is 10.2. The van der Waals surface area contributed by atoms with Crippen LogP contribution in [0.2, 0.25) is 0 Å². The molecule has 0 saturated carbocycles. The Labute approximate surface area is 107 Å². The number of pyridine rings is 1. The molecule has 5 heteroatoms. The van der Waals surface area contributed by atoms with Gasteiger partial charge in [-0.1, -0.05) is 22.0 Å². The van der Waals surface area contributed by atoms with Crippen molar-refractivity contribution in [3.63, 3.8) is 0 Å². The summed E-state index contributed by atoms with van der Waals surface area (Å²) >= 11 is 3.38. The SMILES string of the molecule is N#Cc1cnc(Nc2cccc(Br)c2)c(N)c1. The van der Waals surface area contributed by atoms with Crippen LogP contribution < -0.4 is 11.1 Å². The van der Waals surface area contributed by atoms with Gasteiger partial charge in [-0.2, -0.15) is 5.26 Å². The Morgan fingerprint density at radius 2 is 2.18 bits per heavy atom. The first kappa shape index (κ1) is 11.4. The van der Waals surface area contributed by atoms with Crippen molar-refractivity contribution in [3.05, 3.63) is 46.6 Å². The fraction of sp³-hybridized carbons (Fsp3) is 0. The van der Waals surface area contributed by atoms with Crippen molar-refractivity contribution in [2.75, 3.05) is 11.1 Å². The second kappa shape index (κ2) is 4.85. The van der Waals surface area contributed by atoms with Crippen LogP contribution in [-0.2, 0) is 0 Å².